The zero-order chi connectivity index (χ0) is 31.0. The molecule has 0 unspecified atom stereocenters. The Bertz CT molecular complexity index is 1670. The lowest BCUT2D eigenvalue weighted by atomic mass is 10.0. The minimum atomic E-state index is -4.24. The van der Waals surface area contributed by atoms with E-state index in [9.17, 15) is 18.0 Å². The number of halogens is 2. The number of hydrogen-bond acceptors (Lipinski definition) is 5. The fourth-order valence-corrected chi connectivity index (χ4v) is 6.30. The second kappa shape index (κ2) is 14.4. The second-order valence-electron chi connectivity index (χ2n) is 9.62. The van der Waals surface area contributed by atoms with Gasteiger partial charge in [-0.15, -0.1) is 0 Å². The maximum atomic E-state index is 14.3. The number of carbonyl (C=O) groups is 2. The van der Waals surface area contributed by atoms with Crippen LogP contribution in [0.5, 0.6) is 5.75 Å². The van der Waals surface area contributed by atoms with Crippen LogP contribution in [-0.2, 0) is 32.6 Å². The monoisotopic (exact) mass is 639 g/mol. The number of methoxy groups -OCH3 is 1. The number of nitrogens with one attached hydrogen (secondary N) is 1. The molecule has 0 radical (unpaired) electrons. The third kappa shape index (κ3) is 7.87. The zero-order valence-corrected chi connectivity index (χ0v) is 25.9. The summed E-state index contributed by atoms with van der Waals surface area (Å²) < 4.78 is 34.3. The molecule has 0 aliphatic rings. The standard InChI is InChI=1S/C32H31Cl2N3O5S/c1-35-32(39)30(19-23-10-5-3-6-11-23)36(21-24-12-9-13-26(18-24)42-2)31(38)22-37(25-16-17-28(33)29(34)20-25)43(40,41)27-14-7-4-8-15-27/h3-18,20,30H,19,21-22H2,1-2H3,(H,35,39)/t30-/m1/s1. The van der Waals surface area contributed by atoms with Gasteiger partial charge in [-0.25, -0.2) is 8.42 Å². The molecule has 0 bridgehead atoms. The minimum absolute atomic E-state index is 0.0136. The number of amides is 2. The van der Waals surface area contributed by atoms with Crippen molar-refractivity contribution in [1.29, 1.82) is 0 Å². The summed E-state index contributed by atoms with van der Waals surface area (Å²) >= 11 is 12.4. The average Bonchev–Trinajstić information content (AvgIpc) is 3.03. The molecule has 0 aliphatic heterocycles. The van der Waals surface area contributed by atoms with E-state index in [2.05, 4.69) is 5.32 Å². The molecule has 0 heterocycles. The van der Waals surface area contributed by atoms with Crippen molar-refractivity contribution in [1.82, 2.24) is 10.2 Å². The van der Waals surface area contributed by atoms with Crippen molar-refractivity contribution in [3.05, 3.63) is 124 Å². The number of ether oxygens (including phenoxy) is 1. The van der Waals surface area contributed by atoms with E-state index in [1.54, 1.807) is 36.4 Å². The van der Waals surface area contributed by atoms with Crippen LogP contribution in [-0.4, -0.2) is 51.9 Å². The summed E-state index contributed by atoms with van der Waals surface area (Å²) in [4.78, 5) is 29.0. The van der Waals surface area contributed by atoms with Gasteiger partial charge in [-0.05, 0) is 53.6 Å². The lowest BCUT2D eigenvalue weighted by molar-refractivity contribution is -0.139. The minimum Gasteiger partial charge on any atom is -0.497 e. The Morgan fingerprint density at radius 1 is 0.837 bits per heavy atom. The van der Waals surface area contributed by atoms with Gasteiger partial charge in [0.25, 0.3) is 10.0 Å². The Morgan fingerprint density at radius 2 is 1.49 bits per heavy atom. The fraction of sp³-hybridized carbons (Fsp3) is 0.188. The quantitative estimate of drug-likeness (QED) is 0.218. The summed E-state index contributed by atoms with van der Waals surface area (Å²) in [7, 11) is -1.21. The van der Waals surface area contributed by atoms with Crippen molar-refractivity contribution < 1.29 is 22.7 Å². The highest BCUT2D eigenvalue weighted by atomic mass is 35.5. The molecule has 0 aromatic heterocycles. The SMILES string of the molecule is CNC(=O)[C@@H](Cc1ccccc1)N(Cc1cccc(OC)c1)C(=O)CN(c1ccc(Cl)c(Cl)c1)S(=O)(=O)c1ccccc1. The van der Waals surface area contributed by atoms with Gasteiger partial charge in [0, 0.05) is 20.0 Å². The summed E-state index contributed by atoms with van der Waals surface area (Å²) in [6.45, 7) is -0.594. The topological polar surface area (TPSA) is 96.0 Å². The molecule has 0 saturated carbocycles. The highest BCUT2D eigenvalue weighted by Crippen LogP contribution is 2.31. The molecule has 1 N–H and O–H groups in total. The first-order chi connectivity index (χ1) is 20.6. The average molecular weight is 641 g/mol. The summed E-state index contributed by atoms with van der Waals surface area (Å²) in [6, 6.07) is 27.6. The van der Waals surface area contributed by atoms with E-state index in [4.69, 9.17) is 27.9 Å². The molecule has 43 heavy (non-hydrogen) atoms. The van der Waals surface area contributed by atoms with Crippen molar-refractivity contribution in [3.8, 4) is 5.75 Å². The van der Waals surface area contributed by atoms with Crippen LogP contribution < -0.4 is 14.4 Å². The Hall–Kier alpha value is -4.05. The zero-order valence-electron chi connectivity index (χ0n) is 23.6. The number of sulfonamides is 1. The first-order valence-corrected chi connectivity index (χ1v) is 15.5. The van der Waals surface area contributed by atoms with Gasteiger partial charge in [0.2, 0.25) is 11.8 Å². The van der Waals surface area contributed by atoms with Gasteiger partial charge in [0.1, 0.15) is 18.3 Å². The highest BCUT2D eigenvalue weighted by molar-refractivity contribution is 7.92. The Morgan fingerprint density at radius 3 is 2.12 bits per heavy atom. The highest BCUT2D eigenvalue weighted by Gasteiger charge is 2.34. The summed E-state index contributed by atoms with van der Waals surface area (Å²) in [5, 5.41) is 3.02. The van der Waals surface area contributed by atoms with Crippen LogP contribution >= 0.6 is 23.2 Å². The lowest BCUT2D eigenvalue weighted by Crippen LogP contribution is -2.53. The number of nitrogens with zero attached hydrogens (tertiary/aromatic N) is 2. The molecule has 4 rings (SSSR count). The molecular weight excluding hydrogens is 609 g/mol. The number of carbonyl (C=O) groups excluding carboxylic acids is 2. The van der Waals surface area contributed by atoms with Crippen molar-refractivity contribution in [2.75, 3.05) is 25.0 Å². The van der Waals surface area contributed by atoms with Gasteiger partial charge in [0.15, 0.2) is 0 Å². The van der Waals surface area contributed by atoms with Crippen LogP contribution in [0.2, 0.25) is 10.0 Å². The van der Waals surface area contributed by atoms with E-state index < -0.39 is 34.4 Å². The summed E-state index contributed by atoms with van der Waals surface area (Å²) in [5.74, 6) is -0.418. The fourth-order valence-electron chi connectivity index (χ4n) is 4.58. The van der Waals surface area contributed by atoms with Crippen LogP contribution in [0, 0.1) is 0 Å². The summed E-state index contributed by atoms with van der Waals surface area (Å²) in [5.41, 5.74) is 1.67. The molecule has 4 aromatic rings. The van der Waals surface area contributed by atoms with Crippen molar-refractivity contribution >= 4 is 50.7 Å². The molecule has 11 heteroatoms. The van der Waals surface area contributed by atoms with Gasteiger partial charge < -0.3 is 15.0 Å². The molecule has 8 nitrogen and oxygen atoms in total. The molecule has 2 amide bonds. The molecule has 224 valence electrons. The number of benzene rings is 4. The van der Waals surface area contributed by atoms with Crippen molar-refractivity contribution in [2.24, 2.45) is 0 Å². The number of likely N-dealkylation sites (N-methyl/N-ethyl adjacent to an activating group) is 1. The first kappa shape index (κ1) is 31.9. The van der Waals surface area contributed by atoms with Crippen LogP contribution in [0.3, 0.4) is 0 Å². The van der Waals surface area contributed by atoms with Gasteiger partial charge >= 0.3 is 0 Å². The number of anilines is 1. The van der Waals surface area contributed by atoms with E-state index in [0.29, 0.717) is 11.3 Å². The molecular formula is C32H31Cl2N3O5S. The van der Waals surface area contributed by atoms with Crippen LogP contribution in [0.25, 0.3) is 0 Å². The maximum Gasteiger partial charge on any atom is 0.264 e. The van der Waals surface area contributed by atoms with Crippen molar-refractivity contribution in [2.45, 2.75) is 23.9 Å². The second-order valence-corrected chi connectivity index (χ2v) is 12.3. The van der Waals surface area contributed by atoms with E-state index >= 15 is 0 Å². The Kier molecular flexibility index (Phi) is 10.7. The van der Waals surface area contributed by atoms with Crippen LogP contribution in [0.15, 0.2) is 108 Å². The lowest BCUT2D eigenvalue weighted by Gasteiger charge is -2.33. The molecule has 1 atom stereocenters. The van der Waals surface area contributed by atoms with Gasteiger partial charge in [-0.2, -0.15) is 0 Å². The van der Waals surface area contributed by atoms with Crippen molar-refractivity contribution in [3.63, 3.8) is 0 Å². The number of hydrogen-bond donors (Lipinski definition) is 1. The smallest absolute Gasteiger partial charge is 0.264 e. The third-order valence-electron chi connectivity index (χ3n) is 6.81. The van der Waals surface area contributed by atoms with E-state index in [1.807, 2.05) is 36.4 Å². The maximum absolute atomic E-state index is 14.3. The van der Waals surface area contributed by atoms with Gasteiger partial charge in [-0.1, -0.05) is 83.9 Å². The molecule has 0 fully saturated rings. The normalized spacial score (nSPS) is 11.8. The molecule has 0 saturated heterocycles. The van der Waals surface area contributed by atoms with Gasteiger partial charge in [-0.3, -0.25) is 13.9 Å². The predicted molar refractivity (Wildman–Crippen MR) is 169 cm³/mol. The largest absolute Gasteiger partial charge is 0.497 e. The number of rotatable bonds is 12. The molecule has 0 spiro atoms. The van der Waals surface area contributed by atoms with E-state index in [1.165, 1.54) is 49.4 Å². The van der Waals surface area contributed by atoms with Crippen LogP contribution in [0.1, 0.15) is 11.1 Å². The predicted octanol–water partition coefficient (Wildman–Crippen LogP) is 5.58. The van der Waals surface area contributed by atoms with E-state index in [-0.39, 0.29) is 33.6 Å². The Balaban J connectivity index is 1.80. The summed E-state index contributed by atoms with van der Waals surface area (Å²) in [6.07, 6.45) is 0.203. The first-order valence-electron chi connectivity index (χ1n) is 13.3. The van der Waals surface area contributed by atoms with Gasteiger partial charge in [0.05, 0.1) is 27.7 Å². The van der Waals surface area contributed by atoms with Crippen LogP contribution in [0.4, 0.5) is 5.69 Å². The third-order valence-corrected chi connectivity index (χ3v) is 9.33. The van der Waals surface area contributed by atoms with E-state index in [0.717, 1.165) is 9.87 Å². The Labute approximate surface area is 261 Å². The molecule has 4 aromatic carbocycles. The molecule has 0 aliphatic carbocycles.